The zero-order chi connectivity index (χ0) is 16.5. The zero-order valence-corrected chi connectivity index (χ0v) is 12.7. The van der Waals surface area contributed by atoms with Gasteiger partial charge in [-0.3, -0.25) is 4.90 Å². The van der Waals surface area contributed by atoms with Crippen molar-refractivity contribution in [2.24, 2.45) is 0 Å². The number of nitrogens with zero attached hydrogens (tertiary/aromatic N) is 2. The molecule has 1 atom stereocenters. The molecule has 0 fully saturated rings. The van der Waals surface area contributed by atoms with Gasteiger partial charge in [0, 0.05) is 12.6 Å². The van der Waals surface area contributed by atoms with Crippen molar-refractivity contribution in [2.45, 2.75) is 45.6 Å². The van der Waals surface area contributed by atoms with Crippen LogP contribution in [0.5, 0.6) is 0 Å². The zero-order valence-electron chi connectivity index (χ0n) is 12.7. The molecule has 22 heavy (non-hydrogen) atoms. The van der Waals surface area contributed by atoms with Crippen LogP contribution in [0.4, 0.5) is 13.2 Å². The second-order valence-corrected chi connectivity index (χ2v) is 5.66. The van der Waals surface area contributed by atoms with E-state index in [-0.39, 0.29) is 11.6 Å². The second kappa shape index (κ2) is 6.26. The van der Waals surface area contributed by atoms with Crippen molar-refractivity contribution >= 4 is 11.1 Å². The Balaban J connectivity index is 2.25. The molecule has 1 heterocycles. The molecule has 122 valence electrons. The minimum absolute atomic E-state index is 0.148. The molecule has 4 nitrogen and oxygen atoms in total. The molecular weight excluding hydrogens is 297 g/mol. The Morgan fingerprint density at radius 1 is 1.27 bits per heavy atom. The molecule has 1 aromatic heterocycles. The number of aliphatic hydroxyl groups excluding tert-OH is 1. The number of aromatic nitrogens is 1. The number of hydrogen-bond donors (Lipinski definition) is 1. The summed E-state index contributed by atoms with van der Waals surface area (Å²) in [7, 11) is 0. The monoisotopic (exact) mass is 316 g/mol. The maximum absolute atomic E-state index is 12.7. The maximum Gasteiger partial charge on any atom is 0.416 e. The molecule has 1 unspecified atom stereocenters. The van der Waals surface area contributed by atoms with Crippen molar-refractivity contribution in [3.05, 3.63) is 29.7 Å². The van der Waals surface area contributed by atoms with Crippen molar-refractivity contribution in [3.63, 3.8) is 0 Å². The Morgan fingerprint density at radius 2 is 1.95 bits per heavy atom. The first-order valence-corrected chi connectivity index (χ1v) is 7.05. The Morgan fingerprint density at radius 3 is 2.50 bits per heavy atom. The van der Waals surface area contributed by atoms with Crippen LogP contribution in [0.3, 0.4) is 0 Å². The molecule has 0 aliphatic heterocycles. The average molecular weight is 316 g/mol. The molecule has 0 saturated carbocycles. The third kappa shape index (κ3) is 3.98. The van der Waals surface area contributed by atoms with Crippen molar-refractivity contribution in [1.29, 1.82) is 0 Å². The van der Waals surface area contributed by atoms with Crippen molar-refractivity contribution < 1.29 is 22.7 Å². The summed E-state index contributed by atoms with van der Waals surface area (Å²) in [5, 5.41) is 9.50. The van der Waals surface area contributed by atoms with Gasteiger partial charge in [0.2, 0.25) is 5.89 Å². The highest BCUT2D eigenvalue weighted by Crippen LogP contribution is 2.31. The summed E-state index contributed by atoms with van der Waals surface area (Å²) in [5.41, 5.74) is -0.237. The van der Waals surface area contributed by atoms with Crippen molar-refractivity contribution in [2.75, 3.05) is 6.54 Å². The van der Waals surface area contributed by atoms with Gasteiger partial charge in [0.05, 0.1) is 18.2 Å². The standard InChI is InChI=1S/C15H19F3N2O2/c1-9(2)20(7-10(3)21)8-14-19-12-6-11(15(16,17)18)4-5-13(12)22-14/h4-6,9-10,21H,7-8H2,1-3H3. The minimum atomic E-state index is -4.40. The van der Waals surface area contributed by atoms with Gasteiger partial charge in [-0.1, -0.05) is 0 Å². The summed E-state index contributed by atoms with van der Waals surface area (Å²) in [6.45, 7) is 6.37. The minimum Gasteiger partial charge on any atom is -0.439 e. The number of aliphatic hydroxyl groups is 1. The van der Waals surface area contributed by atoms with E-state index in [9.17, 15) is 18.3 Å². The Kier molecular flexibility index (Phi) is 4.77. The molecular formula is C15H19F3N2O2. The fourth-order valence-electron chi connectivity index (χ4n) is 2.19. The van der Waals surface area contributed by atoms with E-state index in [1.165, 1.54) is 6.07 Å². The third-order valence-corrected chi connectivity index (χ3v) is 3.33. The molecule has 0 radical (unpaired) electrons. The first-order valence-electron chi connectivity index (χ1n) is 7.05. The van der Waals surface area contributed by atoms with E-state index >= 15 is 0 Å². The van der Waals surface area contributed by atoms with Crippen LogP contribution in [0.2, 0.25) is 0 Å². The van der Waals surface area contributed by atoms with E-state index in [2.05, 4.69) is 4.98 Å². The Hall–Kier alpha value is -1.60. The van der Waals surface area contributed by atoms with Crippen molar-refractivity contribution in [3.8, 4) is 0 Å². The van der Waals surface area contributed by atoms with Gasteiger partial charge >= 0.3 is 6.18 Å². The van der Waals surface area contributed by atoms with Crippen LogP contribution in [0.15, 0.2) is 22.6 Å². The van der Waals surface area contributed by atoms with Crippen LogP contribution in [0.1, 0.15) is 32.2 Å². The van der Waals surface area contributed by atoms with Gasteiger partial charge in [-0.25, -0.2) is 4.98 Å². The maximum atomic E-state index is 12.7. The number of alkyl halides is 3. The van der Waals surface area contributed by atoms with Gasteiger partial charge in [0.15, 0.2) is 5.58 Å². The van der Waals surface area contributed by atoms with Crippen LogP contribution in [0.25, 0.3) is 11.1 Å². The first-order chi connectivity index (χ1) is 10.2. The molecule has 0 aliphatic rings. The molecule has 7 heteroatoms. The lowest BCUT2D eigenvalue weighted by atomic mass is 10.2. The van der Waals surface area contributed by atoms with Crippen LogP contribution in [-0.2, 0) is 12.7 Å². The normalized spacial score (nSPS) is 14.2. The molecule has 0 saturated heterocycles. The van der Waals surface area contributed by atoms with Crippen LogP contribution >= 0.6 is 0 Å². The Labute approximate surface area is 126 Å². The van der Waals surface area contributed by atoms with Crippen LogP contribution in [-0.4, -0.2) is 33.7 Å². The number of oxazole rings is 1. The van der Waals surface area contributed by atoms with E-state index in [1.807, 2.05) is 18.7 Å². The number of halogens is 3. The van der Waals surface area contributed by atoms with Gasteiger partial charge in [-0.15, -0.1) is 0 Å². The second-order valence-electron chi connectivity index (χ2n) is 5.66. The quantitative estimate of drug-likeness (QED) is 0.918. The molecule has 0 spiro atoms. The molecule has 0 aliphatic carbocycles. The van der Waals surface area contributed by atoms with E-state index in [1.54, 1.807) is 6.92 Å². The highest BCUT2D eigenvalue weighted by atomic mass is 19.4. The predicted octanol–water partition coefficient (Wildman–Crippen LogP) is 3.44. The number of benzene rings is 1. The van der Waals surface area contributed by atoms with Gasteiger partial charge in [-0.2, -0.15) is 13.2 Å². The Bertz CT molecular complexity index is 635. The van der Waals surface area contributed by atoms with Crippen molar-refractivity contribution in [1.82, 2.24) is 9.88 Å². The summed E-state index contributed by atoms with van der Waals surface area (Å²) in [6.07, 6.45) is -4.91. The van der Waals surface area contributed by atoms with Gasteiger partial charge in [-0.05, 0) is 39.0 Å². The van der Waals surface area contributed by atoms with Crippen LogP contribution in [0, 0.1) is 0 Å². The lowest BCUT2D eigenvalue weighted by Gasteiger charge is -2.26. The topological polar surface area (TPSA) is 49.5 Å². The van der Waals surface area contributed by atoms with E-state index in [0.29, 0.717) is 24.6 Å². The summed E-state index contributed by atoms with van der Waals surface area (Å²) < 4.78 is 43.6. The number of hydrogen-bond acceptors (Lipinski definition) is 4. The molecule has 1 N–H and O–H groups in total. The molecule has 2 rings (SSSR count). The fourth-order valence-corrected chi connectivity index (χ4v) is 2.19. The summed E-state index contributed by atoms with van der Waals surface area (Å²) >= 11 is 0. The van der Waals surface area contributed by atoms with E-state index in [4.69, 9.17) is 4.42 Å². The number of rotatable bonds is 5. The fraction of sp³-hybridized carbons (Fsp3) is 0.533. The van der Waals surface area contributed by atoms with Gasteiger partial charge in [0.25, 0.3) is 0 Å². The highest BCUT2D eigenvalue weighted by Gasteiger charge is 2.31. The molecule has 0 bridgehead atoms. The van der Waals surface area contributed by atoms with Gasteiger partial charge < -0.3 is 9.52 Å². The molecule has 0 amide bonds. The summed E-state index contributed by atoms with van der Waals surface area (Å²) in [5.74, 6) is 0.337. The van der Waals surface area contributed by atoms with Gasteiger partial charge in [0.1, 0.15) is 5.52 Å². The number of fused-ring (bicyclic) bond motifs is 1. The summed E-state index contributed by atoms with van der Waals surface area (Å²) in [4.78, 5) is 6.07. The third-order valence-electron chi connectivity index (χ3n) is 3.33. The highest BCUT2D eigenvalue weighted by molar-refractivity contribution is 5.73. The van der Waals surface area contributed by atoms with E-state index < -0.39 is 17.8 Å². The lowest BCUT2D eigenvalue weighted by Crippen LogP contribution is -2.36. The largest absolute Gasteiger partial charge is 0.439 e. The summed E-state index contributed by atoms with van der Waals surface area (Å²) in [6, 6.07) is 3.39. The molecule has 1 aromatic carbocycles. The van der Waals surface area contributed by atoms with E-state index in [0.717, 1.165) is 12.1 Å². The van der Waals surface area contributed by atoms with Crippen LogP contribution < -0.4 is 0 Å². The average Bonchev–Trinajstić information content (AvgIpc) is 2.77. The SMILES string of the molecule is CC(O)CN(Cc1nc2cc(C(F)(F)F)ccc2o1)C(C)C. The first kappa shape index (κ1) is 16.8. The lowest BCUT2D eigenvalue weighted by molar-refractivity contribution is -0.137. The smallest absolute Gasteiger partial charge is 0.416 e. The predicted molar refractivity (Wildman–Crippen MR) is 76.2 cm³/mol. The molecule has 2 aromatic rings.